The van der Waals surface area contributed by atoms with Gasteiger partial charge in [-0.05, 0) is 31.5 Å². The summed E-state index contributed by atoms with van der Waals surface area (Å²) in [7, 11) is -1.52. The van der Waals surface area contributed by atoms with E-state index in [2.05, 4.69) is 15.1 Å². The Hall–Kier alpha value is -2.39. The van der Waals surface area contributed by atoms with Crippen molar-refractivity contribution in [2.24, 2.45) is 0 Å². The van der Waals surface area contributed by atoms with Crippen LogP contribution in [0, 0.1) is 13.8 Å². The molecule has 0 radical (unpaired) electrons. The van der Waals surface area contributed by atoms with Gasteiger partial charge in [-0.2, -0.15) is 9.40 Å². The summed E-state index contributed by atoms with van der Waals surface area (Å²) in [6.07, 6.45) is 1.26. The number of fused-ring (bicyclic) bond motifs is 2. The molecule has 1 N–H and O–H groups in total. The minimum atomic E-state index is -3.18. The first kappa shape index (κ1) is 18.0. The molecule has 144 valence electrons. The summed E-state index contributed by atoms with van der Waals surface area (Å²) in [6, 6.07) is 3.96. The number of piperazine rings is 1. The number of H-pyrrole nitrogens is 1. The number of hydrogen-bond donors (Lipinski definition) is 1. The number of aryl methyl sites for hydroxylation is 2. The van der Waals surface area contributed by atoms with Crippen LogP contribution in [-0.2, 0) is 10.0 Å². The monoisotopic (exact) mass is 389 g/mol. The number of nitrogens with zero attached hydrogens (tertiary/aromatic N) is 4. The van der Waals surface area contributed by atoms with E-state index in [0.717, 1.165) is 39.0 Å². The first-order valence-electron chi connectivity index (χ1n) is 8.82. The van der Waals surface area contributed by atoms with Gasteiger partial charge in [0.05, 0.1) is 30.0 Å². The summed E-state index contributed by atoms with van der Waals surface area (Å²) in [5.41, 5.74) is 4.56. The van der Waals surface area contributed by atoms with Gasteiger partial charge in [0.2, 0.25) is 10.0 Å². The molecule has 1 aromatic carbocycles. The molecule has 4 rings (SSSR count). The van der Waals surface area contributed by atoms with Gasteiger partial charge in [-0.15, -0.1) is 0 Å². The fourth-order valence-corrected chi connectivity index (χ4v) is 4.61. The topological polar surface area (TPSA) is 91.4 Å². The number of methoxy groups -OCH3 is 1. The SMILES string of the molecule is COc1cc(C)c2nc3n[nH]c(C)c3c(N3CCN(S(C)(=O)=O)CC3)c2c1. The highest BCUT2D eigenvalue weighted by Gasteiger charge is 2.27. The van der Waals surface area contributed by atoms with Gasteiger partial charge in [-0.1, -0.05) is 0 Å². The molecule has 1 fully saturated rings. The lowest BCUT2D eigenvalue weighted by molar-refractivity contribution is 0.388. The summed E-state index contributed by atoms with van der Waals surface area (Å²) in [5.74, 6) is 0.776. The Morgan fingerprint density at radius 2 is 1.85 bits per heavy atom. The molecule has 0 aliphatic carbocycles. The second-order valence-electron chi connectivity index (χ2n) is 7.00. The molecule has 0 spiro atoms. The number of ether oxygens (including phenoxy) is 1. The van der Waals surface area contributed by atoms with Gasteiger partial charge in [0.25, 0.3) is 0 Å². The van der Waals surface area contributed by atoms with E-state index in [4.69, 9.17) is 9.72 Å². The van der Waals surface area contributed by atoms with Crippen LogP contribution in [0.25, 0.3) is 21.9 Å². The molecule has 0 bridgehead atoms. The lowest BCUT2D eigenvalue weighted by atomic mass is 10.0. The zero-order valence-corrected chi connectivity index (χ0v) is 16.7. The second kappa shape index (κ2) is 6.35. The summed E-state index contributed by atoms with van der Waals surface area (Å²) >= 11 is 0. The van der Waals surface area contributed by atoms with Crippen LogP contribution in [0.15, 0.2) is 12.1 Å². The van der Waals surface area contributed by atoms with Gasteiger partial charge in [0.1, 0.15) is 5.75 Å². The molecule has 8 nitrogen and oxygen atoms in total. The van der Waals surface area contributed by atoms with Gasteiger partial charge >= 0.3 is 0 Å². The molecule has 3 heterocycles. The van der Waals surface area contributed by atoms with Gasteiger partial charge < -0.3 is 9.64 Å². The normalized spacial score (nSPS) is 16.4. The summed E-state index contributed by atoms with van der Waals surface area (Å²) in [6.45, 7) is 6.14. The standard InChI is InChI=1S/C18H23N5O3S/c1-11-9-13(26-3)10-14-16(11)19-18-15(12(2)20-21-18)17(14)22-5-7-23(8-6-22)27(4,24)25/h9-10H,5-8H2,1-4H3,(H,19,20,21). The highest BCUT2D eigenvalue weighted by Crippen LogP contribution is 2.38. The van der Waals surface area contributed by atoms with Crippen molar-refractivity contribution in [1.82, 2.24) is 19.5 Å². The zero-order chi connectivity index (χ0) is 19.3. The minimum Gasteiger partial charge on any atom is -0.497 e. The third-order valence-electron chi connectivity index (χ3n) is 5.17. The van der Waals surface area contributed by atoms with E-state index in [-0.39, 0.29) is 0 Å². The van der Waals surface area contributed by atoms with Gasteiger partial charge in [-0.3, -0.25) is 5.10 Å². The Kier molecular flexibility index (Phi) is 4.23. The Morgan fingerprint density at radius 3 is 2.48 bits per heavy atom. The van der Waals surface area contributed by atoms with Crippen molar-refractivity contribution in [3.05, 3.63) is 23.4 Å². The van der Waals surface area contributed by atoms with Crippen molar-refractivity contribution in [2.45, 2.75) is 13.8 Å². The lowest BCUT2D eigenvalue weighted by Crippen LogP contribution is -2.48. The Balaban J connectivity index is 1.91. The van der Waals surface area contributed by atoms with Crippen LogP contribution in [0.4, 0.5) is 5.69 Å². The predicted molar refractivity (Wildman–Crippen MR) is 106 cm³/mol. The van der Waals surface area contributed by atoms with Crippen molar-refractivity contribution in [3.8, 4) is 5.75 Å². The van der Waals surface area contributed by atoms with Crippen LogP contribution in [0.1, 0.15) is 11.3 Å². The Morgan fingerprint density at radius 1 is 1.15 bits per heavy atom. The fourth-order valence-electron chi connectivity index (χ4n) is 3.79. The molecule has 27 heavy (non-hydrogen) atoms. The molecule has 0 atom stereocenters. The van der Waals surface area contributed by atoms with Crippen molar-refractivity contribution < 1.29 is 13.2 Å². The van der Waals surface area contributed by atoms with Crippen molar-refractivity contribution >= 4 is 37.6 Å². The molecule has 0 saturated carbocycles. The highest BCUT2D eigenvalue weighted by atomic mass is 32.2. The summed E-state index contributed by atoms with van der Waals surface area (Å²) in [5, 5.41) is 9.37. The predicted octanol–water partition coefficient (Wildman–Crippen LogP) is 1.82. The molecule has 2 aromatic heterocycles. The summed E-state index contributed by atoms with van der Waals surface area (Å²) < 4.78 is 30.7. The van der Waals surface area contributed by atoms with E-state index in [0.29, 0.717) is 31.8 Å². The average Bonchev–Trinajstić information content (AvgIpc) is 3.00. The number of anilines is 1. The average molecular weight is 389 g/mol. The zero-order valence-electron chi connectivity index (χ0n) is 15.9. The number of nitrogens with one attached hydrogen (secondary N) is 1. The van der Waals surface area contributed by atoms with Crippen LogP contribution in [0.5, 0.6) is 5.75 Å². The van der Waals surface area contributed by atoms with Gasteiger partial charge in [0.15, 0.2) is 5.65 Å². The van der Waals surface area contributed by atoms with Gasteiger partial charge in [-0.25, -0.2) is 13.4 Å². The molecular weight excluding hydrogens is 366 g/mol. The smallest absolute Gasteiger partial charge is 0.211 e. The third-order valence-corrected chi connectivity index (χ3v) is 6.47. The van der Waals surface area contributed by atoms with Crippen LogP contribution in [-0.4, -0.2) is 67.4 Å². The number of sulfonamides is 1. The maximum absolute atomic E-state index is 11.9. The van der Waals surface area contributed by atoms with Crippen LogP contribution in [0.2, 0.25) is 0 Å². The number of rotatable bonds is 3. The molecule has 1 aliphatic rings. The fraction of sp³-hybridized carbons (Fsp3) is 0.444. The number of aromatic nitrogens is 3. The molecule has 0 unspecified atom stereocenters. The maximum atomic E-state index is 11.9. The largest absolute Gasteiger partial charge is 0.497 e. The van der Waals surface area contributed by atoms with E-state index in [1.807, 2.05) is 26.0 Å². The van der Waals surface area contributed by atoms with Gasteiger partial charge in [0, 0.05) is 37.3 Å². The van der Waals surface area contributed by atoms with Crippen molar-refractivity contribution in [1.29, 1.82) is 0 Å². The van der Waals surface area contributed by atoms with Crippen molar-refractivity contribution in [3.63, 3.8) is 0 Å². The second-order valence-corrected chi connectivity index (χ2v) is 8.98. The van der Waals surface area contributed by atoms with Crippen LogP contribution in [0.3, 0.4) is 0 Å². The van der Waals surface area contributed by atoms with Crippen LogP contribution < -0.4 is 9.64 Å². The lowest BCUT2D eigenvalue weighted by Gasteiger charge is -2.35. The van der Waals surface area contributed by atoms with Crippen LogP contribution >= 0.6 is 0 Å². The van der Waals surface area contributed by atoms with E-state index >= 15 is 0 Å². The quantitative estimate of drug-likeness (QED) is 0.735. The molecule has 1 saturated heterocycles. The third kappa shape index (κ3) is 3.00. The van der Waals surface area contributed by atoms with E-state index in [9.17, 15) is 8.42 Å². The first-order chi connectivity index (χ1) is 12.8. The molecule has 3 aromatic rings. The minimum absolute atomic E-state index is 0.462. The Labute approximate surface area is 158 Å². The number of pyridine rings is 1. The number of aromatic amines is 1. The Bertz CT molecular complexity index is 1130. The number of hydrogen-bond acceptors (Lipinski definition) is 6. The molecule has 0 amide bonds. The maximum Gasteiger partial charge on any atom is 0.211 e. The molecule has 9 heteroatoms. The molecular formula is C18H23N5O3S. The van der Waals surface area contributed by atoms with E-state index in [1.54, 1.807) is 7.11 Å². The molecule has 1 aliphatic heterocycles. The first-order valence-corrected chi connectivity index (χ1v) is 10.7. The highest BCUT2D eigenvalue weighted by molar-refractivity contribution is 7.88. The summed E-state index contributed by atoms with van der Waals surface area (Å²) in [4.78, 5) is 6.98. The van der Waals surface area contributed by atoms with E-state index < -0.39 is 10.0 Å². The van der Waals surface area contributed by atoms with E-state index in [1.165, 1.54) is 10.6 Å². The number of benzene rings is 1. The van der Waals surface area contributed by atoms with Crippen molar-refractivity contribution in [2.75, 3.05) is 44.4 Å².